The zero-order valence-corrected chi connectivity index (χ0v) is 10.8. The summed E-state index contributed by atoms with van der Waals surface area (Å²) in [4.78, 5) is 7.01. The summed E-state index contributed by atoms with van der Waals surface area (Å²) in [6.07, 6.45) is 5.54. The first-order valence-electron chi connectivity index (χ1n) is 6.74. The number of pyridine rings is 1. The fraction of sp³-hybridized carbons (Fsp3) is 0.643. The third-order valence-corrected chi connectivity index (χ3v) is 3.32. The van der Waals surface area contributed by atoms with Crippen LogP contribution < -0.4 is 5.32 Å². The SMILES string of the molecule is Cc1cccc(NCCN2CCCCCC2)n1. The highest BCUT2D eigenvalue weighted by Gasteiger charge is 2.07. The molecule has 1 fully saturated rings. The van der Waals surface area contributed by atoms with Gasteiger partial charge in [-0.25, -0.2) is 4.98 Å². The Labute approximate surface area is 104 Å². The van der Waals surface area contributed by atoms with Crippen molar-refractivity contribution in [3.05, 3.63) is 23.9 Å². The minimum Gasteiger partial charge on any atom is -0.369 e. The van der Waals surface area contributed by atoms with E-state index in [0.29, 0.717) is 0 Å². The normalized spacial score (nSPS) is 17.7. The summed E-state index contributed by atoms with van der Waals surface area (Å²) < 4.78 is 0. The molecule has 3 heteroatoms. The van der Waals surface area contributed by atoms with Gasteiger partial charge in [-0.1, -0.05) is 18.9 Å². The van der Waals surface area contributed by atoms with Crippen LogP contribution in [0.4, 0.5) is 5.82 Å². The second-order valence-electron chi connectivity index (χ2n) is 4.85. The molecule has 0 atom stereocenters. The Morgan fingerprint density at radius 3 is 2.65 bits per heavy atom. The van der Waals surface area contributed by atoms with E-state index < -0.39 is 0 Å². The highest BCUT2D eigenvalue weighted by atomic mass is 15.1. The van der Waals surface area contributed by atoms with Gasteiger partial charge >= 0.3 is 0 Å². The molecule has 1 N–H and O–H groups in total. The van der Waals surface area contributed by atoms with Gasteiger partial charge in [0, 0.05) is 18.8 Å². The second-order valence-corrected chi connectivity index (χ2v) is 4.85. The number of aromatic nitrogens is 1. The van der Waals surface area contributed by atoms with Gasteiger partial charge in [0.2, 0.25) is 0 Å². The van der Waals surface area contributed by atoms with E-state index in [9.17, 15) is 0 Å². The van der Waals surface area contributed by atoms with E-state index in [1.54, 1.807) is 0 Å². The Morgan fingerprint density at radius 1 is 1.18 bits per heavy atom. The molecule has 0 saturated carbocycles. The molecule has 2 heterocycles. The summed E-state index contributed by atoms with van der Waals surface area (Å²) in [6, 6.07) is 6.12. The van der Waals surface area contributed by atoms with E-state index in [1.165, 1.54) is 38.8 Å². The average molecular weight is 233 g/mol. The number of hydrogen-bond acceptors (Lipinski definition) is 3. The molecule has 0 aromatic carbocycles. The maximum absolute atomic E-state index is 4.44. The van der Waals surface area contributed by atoms with E-state index in [1.807, 2.05) is 19.1 Å². The van der Waals surface area contributed by atoms with Crippen molar-refractivity contribution < 1.29 is 0 Å². The highest BCUT2D eigenvalue weighted by Crippen LogP contribution is 2.09. The van der Waals surface area contributed by atoms with Crippen molar-refractivity contribution in [1.82, 2.24) is 9.88 Å². The molecule has 1 aromatic rings. The zero-order chi connectivity index (χ0) is 11.9. The summed E-state index contributed by atoms with van der Waals surface area (Å²) in [7, 11) is 0. The molecular weight excluding hydrogens is 210 g/mol. The molecule has 0 aliphatic carbocycles. The molecule has 0 unspecified atom stereocenters. The van der Waals surface area contributed by atoms with Gasteiger partial charge in [-0.15, -0.1) is 0 Å². The highest BCUT2D eigenvalue weighted by molar-refractivity contribution is 5.34. The van der Waals surface area contributed by atoms with Crippen LogP contribution in [-0.2, 0) is 0 Å². The van der Waals surface area contributed by atoms with Crippen molar-refractivity contribution in [2.24, 2.45) is 0 Å². The van der Waals surface area contributed by atoms with Crippen LogP contribution in [0.15, 0.2) is 18.2 Å². The van der Waals surface area contributed by atoms with Crippen LogP contribution in [0.1, 0.15) is 31.4 Å². The fourth-order valence-electron chi connectivity index (χ4n) is 2.34. The summed E-state index contributed by atoms with van der Waals surface area (Å²) in [5.74, 6) is 1.000. The molecule has 1 aliphatic heterocycles. The topological polar surface area (TPSA) is 28.2 Å². The number of nitrogens with zero attached hydrogens (tertiary/aromatic N) is 2. The van der Waals surface area contributed by atoms with Crippen LogP contribution in [-0.4, -0.2) is 36.1 Å². The third-order valence-electron chi connectivity index (χ3n) is 3.32. The number of nitrogens with one attached hydrogen (secondary N) is 1. The number of aryl methyl sites for hydroxylation is 1. The lowest BCUT2D eigenvalue weighted by Gasteiger charge is -2.19. The number of likely N-dealkylation sites (tertiary alicyclic amines) is 1. The maximum Gasteiger partial charge on any atom is 0.126 e. The molecule has 0 spiro atoms. The molecule has 1 saturated heterocycles. The quantitative estimate of drug-likeness (QED) is 0.866. The van der Waals surface area contributed by atoms with E-state index >= 15 is 0 Å². The predicted octanol–water partition coefficient (Wildman–Crippen LogP) is 2.68. The van der Waals surface area contributed by atoms with Gasteiger partial charge < -0.3 is 10.2 Å². The van der Waals surface area contributed by atoms with Crippen molar-refractivity contribution in [1.29, 1.82) is 0 Å². The fourth-order valence-corrected chi connectivity index (χ4v) is 2.34. The van der Waals surface area contributed by atoms with E-state index in [2.05, 4.69) is 21.3 Å². The summed E-state index contributed by atoms with van der Waals surface area (Å²) in [6.45, 7) is 6.69. The molecule has 0 amide bonds. The van der Waals surface area contributed by atoms with Crippen LogP contribution in [0.25, 0.3) is 0 Å². The summed E-state index contributed by atoms with van der Waals surface area (Å²) in [5, 5.41) is 3.40. The van der Waals surface area contributed by atoms with Crippen LogP contribution in [0, 0.1) is 6.92 Å². The maximum atomic E-state index is 4.44. The van der Waals surface area contributed by atoms with Crippen LogP contribution in [0.3, 0.4) is 0 Å². The molecule has 17 heavy (non-hydrogen) atoms. The van der Waals surface area contributed by atoms with Crippen molar-refractivity contribution in [3.63, 3.8) is 0 Å². The van der Waals surface area contributed by atoms with Crippen LogP contribution in [0.2, 0.25) is 0 Å². The van der Waals surface area contributed by atoms with Crippen LogP contribution >= 0.6 is 0 Å². The number of anilines is 1. The predicted molar refractivity (Wildman–Crippen MR) is 72.4 cm³/mol. The standard InChI is InChI=1S/C14H23N3/c1-13-7-6-8-14(16-13)15-9-12-17-10-4-2-3-5-11-17/h6-8H,2-5,9-12H2,1H3,(H,15,16). The molecule has 1 aliphatic rings. The minimum absolute atomic E-state index is 0.996. The molecule has 1 aromatic heterocycles. The smallest absolute Gasteiger partial charge is 0.126 e. The van der Waals surface area contributed by atoms with Crippen molar-refractivity contribution in [3.8, 4) is 0 Å². The lowest BCUT2D eigenvalue weighted by Crippen LogP contribution is -2.30. The van der Waals surface area contributed by atoms with Crippen molar-refractivity contribution in [2.45, 2.75) is 32.6 Å². The van der Waals surface area contributed by atoms with Gasteiger partial charge in [-0.2, -0.15) is 0 Å². The van der Waals surface area contributed by atoms with Gasteiger partial charge in [-0.05, 0) is 45.0 Å². The van der Waals surface area contributed by atoms with Crippen molar-refractivity contribution in [2.75, 3.05) is 31.5 Å². The molecule has 94 valence electrons. The Morgan fingerprint density at radius 2 is 1.94 bits per heavy atom. The first-order chi connectivity index (χ1) is 8.34. The van der Waals surface area contributed by atoms with Gasteiger partial charge in [0.15, 0.2) is 0 Å². The Kier molecular flexibility index (Phi) is 4.80. The van der Waals surface area contributed by atoms with E-state index in [4.69, 9.17) is 0 Å². The molecule has 0 radical (unpaired) electrons. The molecular formula is C14H23N3. The first-order valence-corrected chi connectivity index (χ1v) is 6.74. The Hall–Kier alpha value is -1.09. The van der Waals surface area contributed by atoms with Crippen LogP contribution in [0.5, 0.6) is 0 Å². The molecule has 0 bridgehead atoms. The summed E-state index contributed by atoms with van der Waals surface area (Å²) >= 11 is 0. The van der Waals surface area contributed by atoms with E-state index in [0.717, 1.165) is 24.6 Å². The third kappa shape index (κ3) is 4.35. The van der Waals surface area contributed by atoms with E-state index in [-0.39, 0.29) is 0 Å². The monoisotopic (exact) mass is 233 g/mol. The lowest BCUT2D eigenvalue weighted by molar-refractivity contribution is 0.296. The Bertz CT molecular complexity index is 330. The van der Waals surface area contributed by atoms with Gasteiger partial charge in [0.25, 0.3) is 0 Å². The minimum atomic E-state index is 0.996. The number of rotatable bonds is 4. The van der Waals surface area contributed by atoms with Crippen molar-refractivity contribution >= 4 is 5.82 Å². The van der Waals surface area contributed by atoms with Gasteiger partial charge in [0.1, 0.15) is 5.82 Å². The average Bonchev–Trinajstić information content (AvgIpc) is 2.58. The Balaban J connectivity index is 1.71. The molecule has 2 rings (SSSR count). The number of hydrogen-bond donors (Lipinski definition) is 1. The molecule has 3 nitrogen and oxygen atoms in total. The lowest BCUT2D eigenvalue weighted by atomic mass is 10.2. The van der Waals surface area contributed by atoms with Gasteiger partial charge in [-0.3, -0.25) is 0 Å². The largest absolute Gasteiger partial charge is 0.369 e. The second kappa shape index (κ2) is 6.60. The van der Waals surface area contributed by atoms with Gasteiger partial charge in [0.05, 0.1) is 0 Å². The summed E-state index contributed by atoms with van der Waals surface area (Å²) in [5.41, 5.74) is 1.07. The first kappa shape index (κ1) is 12.4. The zero-order valence-electron chi connectivity index (χ0n) is 10.8.